The SMILES string of the molecule is COc1ccc2c(c1)n(C)c(Cl)[n+]2C. The Hall–Kier alpha value is -1.22. The standard InChI is InChI=1S/C10H12ClN2O/c1-12-8-5-4-7(14-3)6-9(8)13(2)10(12)11/h4-6H,1-3H3/q+1. The Morgan fingerprint density at radius 2 is 2.14 bits per heavy atom. The summed E-state index contributed by atoms with van der Waals surface area (Å²) in [4.78, 5) is 0. The first kappa shape index (κ1) is 9.34. The van der Waals surface area contributed by atoms with E-state index < -0.39 is 0 Å². The molecule has 0 bridgehead atoms. The van der Waals surface area contributed by atoms with E-state index in [1.54, 1.807) is 7.11 Å². The van der Waals surface area contributed by atoms with Gasteiger partial charge in [-0.3, -0.25) is 0 Å². The van der Waals surface area contributed by atoms with Gasteiger partial charge >= 0.3 is 5.28 Å². The summed E-state index contributed by atoms with van der Waals surface area (Å²) in [6.45, 7) is 0. The number of halogens is 1. The lowest BCUT2D eigenvalue weighted by molar-refractivity contribution is -0.643. The lowest BCUT2D eigenvalue weighted by Gasteiger charge is -1.96. The Morgan fingerprint density at radius 1 is 1.43 bits per heavy atom. The van der Waals surface area contributed by atoms with Crippen LogP contribution in [-0.2, 0) is 14.1 Å². The molecule has 0 aliphatic rings. The van der Waals surface area contributed by atoms with E-state index in [0.717, 1.165) is 16.8 Å². The minimum Gasteiger partial charge on any atom is -0.497 e. The molecule has 0 N–H and O–H groups in total. The summed E-state index contributed by atoms with van der Waals surface area (Å²) < 4.78 is 9.03. The lowest BCUT2D eigenvalue weighted by atomic mass is 10.3. The number of nitrogens with zero attached hydrogens (tertiary/aromatic N) is 2. The van der Waals surface area contributed by atoms with Crippen LogP contribution in [0.4, 0.5) is 0 Å². The van der Waals surface area contributed by atoms with Crippen LogP contribution in [0.25, 0.3) is 11.0 Å². The third-order valence-electron chi connectivity index (χ3n) is 2.46. The molecule has 0 aliphatic heterocycles. The molecular formula is C10H12ClN2O+. The van der Waals surface area contributed by atoms with Crippen molar-refractivity contribution in [1.29, 1.82) is 0 Å². The van der Waals surface area contributed by atoms with Gasteiger partial charge in [-0.25, -0.2) is 9.13 Å². The molecule has 0 fully saturated rings. The van der Waals surface area contributed by atoms with E-state index in [-0.39, 0.29) is 0 Å². The highest BCUT2D eigenvalue weighted by Crippen LogP contribution is 2.21. The second-order valence-electron chi connectivity index (χ2n) is 3.24. The minimum absolute atomic E-state index is 0.702. The zero-order chi connectivity index (χ0) is 10.3. The number of imidazole rings is 1. The molecule has 2 rings (SSSR count). The van der Waals surface area contributed by atoms with Crippen molar-refractivity contribution >= 4 is 22.6 Å². The fraction of sp³-hybridized carbons (Fsp3) is 0.300. The van der Waals surface area contributed by atoms with Gasteiger partial charge in [0.15, 0.2) is 11.0 Å². The molecule has 4 heteroatoms. The highest BCUT2D eigenvalue weighted by molar-refractivity contribution is 6.28. The Labute approximate surface area is 87.5 Å². The van der Waals surface area contributed by atoms with Gasteiger partial charge in [0.2, 0.25) is 0 Å². The van der Waals surface area contributed by atoms with Gasteiger partial charge in [0.1, 0.15) is 5.75 Å². The molecule has 3 nitrogen and oxygen atoms in total. The second kappa shape index (κ2) is 3.17. The summed E-state index contributed by atoms with van der Waals surface area (Å²) in [6.07, 6.45) is 0. The Balaban J connectivity index is 2.82. The van der Waals surface area contributed by atoms with Gasteiger partial charge in [-0.1, -0.05) is 0 Å². The van der Waals surface area contributed by atoms with Crippen molar-refractivity contribution in [2.75, 3.05) is 7.11 Å². The number of hydrogen-bond acceptors (Lipinski definition) is 1. The molecule has 0 spiro atoms. The fourth-order valence-corrected chi connectivity index (χ4v) is 1.79. The molecule has 0 amide bonds. The molecule has 1 heterocycles. The first-order chi connectivity index (χ1) is 6.65. The highest BCUT2D eigenvalue weighted by atomic mass is 35.5. The molecule has 2 aromatic rings. The van der Waals surface area contributed by atoms with E-state index in [9.17, 15) is 0 Å². The molecule has 0 unspecified atom stereocenters. The number of hydrogen-bond donors (Lipinski definition) is 0. The molecule has 0 aliphatic carbocycles. The van der Waals surface area contributed by atoms with Crippen LogP contribution in [0.3, 0.4) is 0 Å². The fourth-order valence-electron chi connectivity index (χ4n) is 1.61. The number of rotatable bonds is 1. The number of methoxy groups -OCH3 is 1. The van der Waals surface area contributed by atoms with Gasteiger partial charge in [-0.2, -0.15) is 0 Å². The minimum atomic E-state index is 0.702. The first-order valence-electron chi connectivity index (χ1n) is 4.33. The Kier molecular flexibility index (Phi) is 2.11. The van der Waals surface area contributed by atoms with Crippen LogP contribution < -0.4 is 9.30 Å². The second-order valence-corrected chi connectivity index (χ2v) is 3.58. The first-order valence-corrected chi connectivity index (χ1v) is 4.71. The predicted molar refractivity (Wildman–Crippen MR) is 55.7 cm³/mol. The summed E-state index contributed by atoms with van der Waals surface area (Å²) >= 11 is 6.10. The molecule has 14 heavy (non-hydrogen) atoms. The molecule has 1 aromatic carbocycles. The van der Waals surface area contributed by atoms with Crippen molar-refractivity contribution in [1.82, 2.24) is 4.57 Å². The average molecular weight is 212 g/mol. The molecule has 0 atom stereocenters. The zero-order valence-electron chi connectivity index (χ0n) is 8.41. The molecule has 0 saturated carbocycles. The van der Waals surface area contributed by atoms with E-state index in [1.807, 2.05) is 41.4 Å². The number of aromatic nitrogens is 2. The molecular weight excluding hydrogens is 200 g/mol. The summed E-state index contributed by atoms with van der Waals surface area (Å²) in [5, 5.41) is 0.702. The quantitative estimate of drug-likeness (QED) is 0.657. The molecule has 1 aromatic heterocycles. The molecule has 0 radical (unpaired) electrons. The third kappa shape index (κ3) is 1.16. The molecule has 0 saturated heterocycles. The summed E-state index contributed by atoms with van der Waals surface area (Å²) in [5.41, 5.74) is 2.16. The van der Waals surface area contributed by atoms with Crippen LogP contribution in [0.5, 0.6) is 5.75 Å². The highest BCUT2D eigenvalue weighted by Gasteiger charge is 2.17. The van der Waals surface area contributed by atoms with E-state index in [0.29, 0.717) is 5.28 Å². The maximum atomic E-state index is 6.10. The van der Waals surface area contributed by atoms with Crippen molar-refractivity contribution < 1.29 is 9.30 Å². The van der Waals surface area contributed by atoms with Crippen molar-refractivity contribution in [2.24, 2.45) is 14.1 Å². The van der Waals surface area contributed by atoms with Crippen LogP contribution in [0.15, 0.2) is 18.2 Å². The van der Waals surface area contributed by atoms with Crippen molar-refractivity contribution in [3.05, 3.63) is 23.5 Å². The van der Waals surface area contributed by atoms with Crippen molar-refractivity contribution in [2.45, 2.75) is 0 Å². The average Bonchev–Trinajstić information content (AvgIpc) is 2.44. The number of benzene rings is 1. The zero-order valence-corrected chi connectivity index (χ0v) is 9.17. The van der Waals surface area contributed by atoms with E-state index in [1.165, 1.54) is 0 Å². The van der Waals surface area contributed by atoms with Crippen LogP contribution in [0, 0.1) is 0 Å². The van der Waals surface area contributed by atoms with Crippen LogP contribution in [0.1, 0.15) is 0 Å². The van der Waals surface area contributed by atoms with Gasteiger partial charge < -0.3 is 4.74 Å². The van der Waals surface area contributed by atoms with Gasteiger partial charge in [0, 0.05) is 17.7 Å². The Morgan fingerprint density at radius 3 is 2.79 bits per heavy atom. The van der Waals surface area contributed by atoms with Crippen LogP contribution in [0.2, 0.25) is 5.28 Å². The molecule has 74 valence electrons. The van der Waals surface area contributed by atoms with E-state index in [2.05, 4.69) is 0 Å². The maximum absolute atomic E-state index is 6.10. The predicted octanol–water partition coefficient (Wildman–Crippen LogP) is 1.66. The number of fused-ring (bicyclic) bond motifs is 1. The largest absolute Gasteiger partial charge is 0.497 e. The van der Waals surface area contributed by atoms with Gasteiger partial charge in [-0.15, -0.1) is 0 Å². The number of aryl methyl sites for hydroxylation is 2. The lowest BCUT2D eigenvalue weighted by Crippen LogP contribution is -2.27. The topological polar surface area (TPSA) is 18.0 Å². The smallest absolute Gasteiger partial charge is 0.355 e. The van der Waals surface area contributed by atoms with Crippen LogP contribution >= 0.6 is 11.6 Å². The Bertz CT molecular complexity index is 490. The van der Waals surface area contributed by atoms with E-state index >= 15 is 0 Å². The van der Waals surface area contributed by atoms with E-state index in [4.69, 9.17) is 16.3 Å². The van der Waals surface area contributed by atoms with Gasteiger partial charge in [0.25, 0.3) is 0 Å². The van der Waals surface area contributed by atoms with Crippen molar-refractivity contribution in [3.63, 3.8) is 0 Å². The number of ether oxygens (including phenoxy) is 1. The van der Waals surface area contributed by atoms with Crippen molar-refractivity contribution in [3.8, 4) is 5.75 Å². The van der Waals surface area contributed by atoms with Gasteiger partial charge in [-0.05, 0) is 12.1 Å². The van der Waals surface area contributed by atoms with Crippen LogP contribution in [-0.4, -0.2) is 11.7 Å². The monoisotopic (exact) mass is 211 g/mol. The van der Waals surface area contributed by atoms with Gasteiger partial charge in [0.05, 0.1) is 21.2 Å². The maximum Gasteiger partial charge on any atom is 0.355 e. The normalized spacial score (nSPS) is 10.9. The summed E-state index contributed by atoms with van der Waals surface area (Å²) in [6, 6.07) is 5.90. The third-order valence-corrected chi connectivity index (χ3v) is 2.97. The summed E-state index contributed by atoms with van der Waals surface area (Å²) in [7, 11) is 5.53. The summed E-state index contributed by atoms with van der Waals surface area (Å²) in [5.74, 6) is 0.843.